The molecule has 1 aromatic rings. The Kier molecular flexibility index (Phi) is 3.91. The van der Waals surface area contributed by atoms with E-state index in [0.29, 0.717) is 5.25 Å². The monoisotopic (exact) mass is 288 g/mol. The normalized spacial score (nSPS) is 21.3. The predicted octanol–water partition coefficient (Wildman–Crippen LogP) is 4.40. The highest BCUT2D eigenvalue weighted by atomic mass is 32.2. The minimum absolute atomic E-state index is 0.241. The van der Waals surface area contributed by atoms with Gasteiger partial charge in [-0.1, -0.05) is 56.7 Å². The number of hydrogen-bond acceptors (Lipinski definition) is 1. The average molecular weight is 289 g/mol. The number of hydrogen-bond donors (Lipinski definition) is 0. The summed E-state index contributed by atoms with van der Waals surface area (Å²) in [7, 11) is -1.22. The molecule has 1 aliphatic heterocycles. The second-order valence-corrected chi connectivity index (χ2v) is 13.4. The SMILES string of the molecule is CC#CC1CC(C)(C)c2cc([Si](C)(C)C)ccc2S1. The van der Waals surface area contributed by atoms with Gasteiger partial charge in [0.1, 0.15) is 0 Å². The molecule has 0 saturated heterocycles. The summed E-state index contributed by atoms with van der Waals surface area (Å²) in [4.78, 5) is 1.44. The molecule has 1 aromatic carbocycles. The molecular weight excluding hydrogens is 264 g/mol. The topological polar surface area (TPSA) is 0 Å². The fourth-order valence-corrected chi connectivity index (χ4v) is 5.39. The largest absolute Gasteiger partial charge is 0.109 e. The van der Waals surface area contributed by atoms with Gasteiger partial charge in [-0.2, -0.15) is 0 Å². The Labute approximate surface area is 123 Å². The van der Waals surface area contributed by atoms with Crippen LogP contribution in [0.15, 0.2) is 23.1 Å². The Hall–Kier alpha value is -0.653. The first-order chi connectivity index (χ1) is 8.74. The molecular formula is C17H24SSi. The van der Waals surface area contributed by atoms with Crippen molar-refractivity contribution in [1.82, 2.24) is 0 Å². The molecule has 0 N–H and O–H groups in total. The first-order valence-corrected chi connectivity index (χ1v) is 11.4. The lowest BCUT2D eigenvalue weighted by Gasteiger charge is -2.36. The summed E-state index contributed by atoms with van der Waals surface area (Å²) < 4.78 is 0. The van der Waals surface area contributed by atoms with Crippen LogP contribution in [-0.2, 0) is 5.41 Å². The standard InChI is InChI=1S/C17H24SSi/c1-7-8-13-12-17(2,3)15-11-14(19(4,5)6)9-10-16(15)18-13/h9-11,13H,12H2,1-6H3. The number of fused-ring (bicyclic) bond motifs is 1. The van der Waals surface area contributed by atoms with E-state index < -0.39 is 8.07 Å². The molecule has 0 aliphatic carbocycles. The molecule has 0 nitrogen and oxygen atoms in total. The van der Waals surface area contributed by atoms with Crippen LogP contribution in [0.3, 0.4) is 0 Å². The summed E-state index contributed by atoms with van der Waals surface area (Å²) in [5.74, 6) is 6.43. The lowest BCUT2D eigenvalue weighted by atomic mass is 9.80. The van der Waals surface area contributed by atoms with E-state index in [2.05, 4.69) is 63.5 Å². The number of rotatable bonds is 1. The van der Waals surface area contributed by atoms with Crippen molar-refractivity contribution in [3.05, 3.63) is 23.8 Å². The zero-order valence-electron chi connectivity index (χ0n) is 12.9. The molecule has 102 valence electrons. The third-order valence-corrected chi connectivity index (χ3v) is 7.07. The Bertz CT molecular complexity index is 541. The van der Waals surface area contributed by atoms with Crippen molar-refractivity contribution < 1.29 is 0 Å². The fourth-order valence-electron chi connectivity index (χ4n) is 2.64. The molecule has 0 amide bonds. The summed E-state index contributed by atoms with van der Waals surface area (Å²) in [6.45, 7) is 13.9. The van der Waals surface area contributed by atoms with Crippen molar-refractivity contribution in [2.75, 3.05) is 0 Å². The Morgan fingerprint density at radius 1 is 1.26 bits per heavy atom. The quantitative estimate of drug-likeness (QED) is 0.545. The molecule has 0 aromatic heterocycles. The molecule has 1 heterocycles. The van der Waals surface area contributed by atoms with Gasteiger partial charge in [0, 0.05) is 4.90 Å². The zero-order chi connectivity index (χ0) is 14.3. The average Bonchev–Trinajstić information content (AvgIpc) is 2.26. The third kappa shape index (κ3) is 3.09. The van der Waals surface area contributed by atoms with Gasteiger partial charge in [-0.3, -0.25) is 0 Å². The lowest BCUT2D eigenvalue weighted by molar-refractivity contribution is 0.476. The van der Waals surface area contributed by atoms with Crippen molar-refractivity contribution in [2.45, 2.75) is 62.4 Å². The highest BCUT2D eigenvalue weighted by Gasteiger charge is 2.33. The van der Waals surface area contributed by atoms with Crippen LogP contribution < -0.4 is 5.19 Å². The first-order valence-electron chi connectivity index (χ1n) is 6.98. The maximum atomic E-state index is 3.35. The van der Waals surface area contributed by atoms with Crippen LogP contribution in [0.1, 0.15) is 32.8 Å². The molecule has 0 spiro atoms. The number of thioether (sulfide) groups is 1. The molecule has 0 fully saturated rings. The highest BCUT2D eigenvalue weighted by Crippen LogP contribution is 2.44. The second kappa shape index (κ2) is 5.03. The maximum Gasteiger partial charge on any atom is 0.0776 e. The van der Waals surface area contributed by atoms with Gasteiger partial charge in [0.2, 0.25) is 0 Å². The smallest absolute Gasteiger partial charge is 0.0776 e. The van der Waals surface area contributed by atoms with E-state index in [0.717, 1.165) is 6.42 Å². The van der Waals surface area contributed by atoms with Crippen LogP contribution in [0.2, 0.25) is 19.6 Å². The summed E-state index contributed by atoms with van der Waals surface area (Å²) in [5.41, 5.74) is 1.77. The Morgan fingerprint density at radius 2 is 1.95 bits per heavy atom. The van der Waals surface area contributed by atoms with E-state index in [1.807, 2.05) is 18.7 Å². The first kappa shape index (κ1) is 14.7. The van der Waals surface area contributed by atoms with E-state index in [9.17, 15) is 0 Å². The van der Waals surface area contributed by atoms with Gasteiger partial charge in [0.15, 0.2) is 0 Å². The van der Waals surface area contributed by atoms with E-state index in [4.69, 9.17) is 0 Å². The van der Waals surface area contributed by atoms with E-state index in [1.54, 1.807) is 5.19 Å². The summed E-state index contributed by atoms with van der Waals surface area (Å²) in [5, 5.41) is 2.02. The van der Waals surface area contributed by atoms with Gasteiger partial charge in [-0.25, -0.2) is 0 Å². The van der Waals surface area contributed by atoms with Gasteiger partial charge >= 0.3 is 0 Å². The van der Waals surface area contributed by atoms with Crippen LogP contribution in [0.5, 0.6) is 0 Å². The molecule has 1 aliphatic rings. The molecule has 1 unspecified atom stereocenters. The summed E-state index contributed by atoms with van der Waals surface area (Å²) in [6.07, 6.45) is 1.15. The molecule has 1 atom stereocenters. The van der Waals surface area contributed by atoms with Gasteiger partial charge in [-0.15, -0.1) is 17.7 Å². The van der Waals surface area contributed by atoms with Gasteiger partial charge in [0.05, 0.1) is 13.3 Å². The molecule has 0 saturated carbocycles. The van der Waals surface area contributed by atoms with E-state index >= 15 is 0 Å². The van der Waals surface area contributed by atoms with E-state index in [-0.39, 0.29) is 5.41 Å². The van der Waals surface area contributed by atoms with Crippen LogP contribution >= 0.6 is 11.8 Å². The van der Waals surface area contributed by atoms with Gasteiger partial charge < -0.3 is 0 Å². The van der Waals surface area contributed by atoms with Crippen molar-refractivity contribution >= 4 is 25.0 Å². The van der Waals surface area contributed by atoms with Crippen LogP contribution in [0.25, 0.3) is 0 Å². The molecule has 19 heavy (non-hydrogen) atoms. The maximum absolute atomic E-state index is 3.35. The highest BCUT2D eigenvalue weighted by molar-refractivity contribution is 8.00. The predicted molar refractivity (Wildman–Crippen MR) is 90.2 cm³/mol. The van der Waals surface area contributed by atoms with Gasteiger partial charge in [-0.05, 0) is 30.4 Å². The van der Waals surface area contributed by atoms with Crippen LogP contribution in [0.4, 0.5) is 0 Å². The van der Waals surface area contributed by atoms with Crippen molar-refractivity contribution in [3.63, 3.8) is 0 Å². The third-order valence-electron chi connectivity index (χ3n) is 3.84. The molecule has 0 radical (unpaired) electrons. The lowest BCUT2D eigenvalue weighted by Crippen LogP contribution is -2.39. The Morgan fingerprint density at radius 3 is 2.53 bits per heavy atom. The molecule has 2 heteroatoms. The van der Waals surface area contributed by atoms with Crippen molar-refractivity contribution in [2.24, 2.45) is 0 Å². The van der Waals surface area contributed by atoms with Crippen LogP contribution in [-0.4, -0.2) is 13.3 Å². The zero-order valence-corrected chi connectivity index (χ0v) is 14.7. The minimum atomic E-state index is -1.22. The molecule has 0 bridgehead atoms. The minimum Gasteiger partial charge on any atom is -0.109 e. The summed E-state index contributed by atoms with van der Waals surface area (Å²) in [6, 6.07) is 7.15. The Balaban J connectivity index is 2.47. The molecule has 2 rings (SSSR count). The second-order valence-electron chi connectivity index (χ2n) is 7.05. The van der Waals surface area contributed by atoms with Crippen molar-refractivity contribution in [1.29, 1.82) is 0 Å². The van der Waals surface area contributed by atoms with Crippen LogP contribution in [0, 0.1) is 11.8 Å². The van der Waals surface area contributed by atoms with E-state index in [1.165, 1.54) is 10.5 Å². The fraction of sp³-hybridized carbons (Fsp3) is 0.529. The summed E-state index contributed by atoms with van der Waals surface area (Å²) >= 11 is 1.95. The number of benzene rings is 1. The van der Waals surface area contributed by atoms with Crippen molar-refractivity contribution in [3.8, 4) is 11.8 Å². The van der Waals surface area contributed by atoms with Gasteiger partial charge in [0.25, 0.3) is 0 Å².